The van der Waals surface area contributed by atoms with Crippen LogP contribution in [0.15, 0.2) is 49.1 Å². The van der Waals surface area contributed by atoms with Crippen LogP contribution in [-0.2, 0) is 16.1 Å². The Balaban J connectivity index is 1.51. The Bertz CT molecular complexity index is 1160. The number of anilines is 1. The van der Waals surface area contributed by atoms with E-state index in [0.717, 1.165) is 11.3 Å². The highest BCUT2D eigenvalue weighted by Gasteiger charge is 2.33. The van der Waals surface area contributed by atoms with Crippen LogP contribution in [-0.4, -0.2) is 76.3 Å². The fourth-order valence-corrected chi connectivity index (χ4v) is 4.06. The van der Waals surface area contributed by atoms with Crippen LogP contribution in [0.3, 0.4) is 0 Å². The third kappa shape index (κ3) is 5.99. The van der Waals surface area contributed by atoms with Gasteiger partial charge in [-0.3, -0.25) is 9.36 Å². The van der Waals surface area contributed by atoms with E-state index in [2.05, 4.69) is 20.3 Å². The number of benzene rings is 1. The zero-order valence-corrected chi connectivity index (χ0v) is 20.2. The van der Waals surface area contributed by atoms with Crippen molar-refractivity contribution >= 4 is 29.4 Å². The zero-order chi connectivity index (χ0) is 24.8. The van der Waals surface area contributed by atoms with Crippen molar-refractivity contribution in [3.8, 4) is 11.7 Å². The van der Waals surface area contributed by atoms with Gasteiger partial charge in [-0.1, -0.05) is 23.7 Å². The van der Waals surface area contributed by atoms with Crippen LogP contribution in [0.4, 0.5) is 10.6 Å². The number of methoxy groups -OCH3 is 2. The molecule has 3 aromatic rings. The third-order valence-corrected chi connectivity index (χ3v) is 5.88. The van der Waals surface area contributed by atoms with Crippen molar-refractivity contribution < 1.29 is 19.1 Å². The van der Waals surface area contributed by atoms with E-state index in [0.29, 0.717) is 37.9 Å². The molecule has 1 N–H and O–H groups in total. The molecule has 0 spiro atoms. The first-order valence-corrected chi connectivity index (χ1v) is 11.4. The average molecular weight is 500 g/mol. The lowest BCUT2D eigenvalue weighted by Crippen LogP contribution is -2.56. The number of hydrogen-bond acceptors (Lipinski definition) is 8. The lowest BCUT2D eigenvalue weighted by Gasteiger charge is -2.41. The number of amides is 2. The van der Waals surface area contributed by atoms with Crippen LogP contribution in [0.5, 0.6) is 5.75 Å². The summed E-state index contributed by atoms with van der Waals surface area (Å²) in [6.07, 6.45) is 4.62. The second-order valence-corrected chi connectivity index (χ2v) is 8.30. The van der Waals surface area contributed by atoms with E-state index in [1.807, 2.05) is 29.2 Å². The SMILES string of the molecule is COC(=O)N1CCN(c2cc(Cl)nc(-n3ccnc3)n2)C(CC(=O)NCc2ccc(OC)cc2)C1. The van der Waals surface area contributed by atoms with Gasteiger partial charge in [-0.15, -0.1) is 0 Å². The van der Waals surface area contributed by atoms with Gasteiger partial charge in [-0.2, -0.15) is 4.98 Å². The summed E-state index contributed by atoms with van der Waals surface area (Å²) < 4.78 is 11.7. The maximum atomic E-state index is 12.9. The molecule has 4 rings (SSSR count). The molecule has 0 radical (unpaired) electrons. The van der Waals surface area contributed by atoms with Crippen molar-refractivity contribution in [3.05, 3.63) is 59.8 Å². The molecule has 12 heteroatoms. The van der Waals surface area contributed by atoms with Gasteiger partial charge in [0, 0.05) is 51.1 Å². The van der Waals surface area contributed by atoms with E-state index in [4.69, 9.17) is 21.1 Å². The zero-order valence-electron chi connectivity index (χ0n) is 19.4. The number of nitrogens with zero attached hydrogens (tertiary/aromatic N) is 6. The number of carbonyl (C=O) groups is 2. The fraction of sp³-hybridized carbons (Fsp3) is 0.348. The number of halogens is 1. The molecule has 2 aromatic heterocycles. The summed E-state index contributed by atoms with van der Waals surface area (Å²) in [6.45, 7) is 1.53. The number of carbonyl (C=O) groups excluding carboxylic acids is 2. The summed E-state index contributed by atoms with van der Waals surface area (Å²) in [4.78, 5) is 41.5. The average Bonchev–Trinajstić information content (AvgIpc) is 3.42. The highest BCUT2D eigenvalue weighted by Crippen LogP contribution is 2.24. The molecule has 1 unspecified atom stereocenters. The van der Waals surface area contributed by atoms with E-state index >= 15 is 0 Å². The van der Waals surface area contributed by atoms with Crippen molar-refractivity contribution in [3.63, 3.8) is 0 Å². The van der Waals surface area contributed by atoms with Crippen LogP contribution in [0, 0.1) is 0 Å². The Morgan fingerprint density at radius 2 is 1.97 bits per heavy atom. The minimum Gasteiger partial charge on any atom is -0.497 e. The summed E-state index contributed by atoms with van der Waals surface area (Å²) in [5.41, 5.74) is 0.948. The molecule has 11 nitrogen and oxygen atoms in total. The van der Waals surface area contributed by atoms with Crippen molar-refractivity contribution in [2.45, 2.75) is 19.0 Å². The van der Waals surface area contributed by atoms with E-state index in [1.165, 1.54) is 7.11 Å². The first-order valence-electron chi connectivity index (χ1n) is 11.0. The number of rotatable bonds is 7. The highest BCUT2D eigenvalue weighted by molar-refractivity contribution is 6.29. The van der Waals surface area contributed by atoms with Gasteiger partial charge in [0.2, 0.25) is 11.9 Å². The summed E-state index contributed by atoms with van der Waals surface area (Å²) in [6, 6.07) is 8.78. The second kappa shape index (κ2) is 11.0. The summed E-state index contributed by atoms with van der Waals surface area (Å²) in [5.74, 6) is 1.52. The monoisotopic (exact) mass is 499 g/mol. The van der Waals surface area contributed by atoms with Crippen LogP contribution in [0.25, 0.3) is 5.95 Å². The summed E-state index contributed by atoms with van der Waals surface area (Å²) in [5, 5.41) is 3.21. The summed E-state index contributed by atoms with van der Waals surface area (Å²) in [7, 11) is 2.94. The molecule has 1 saturated heterocycles. The first-order chi connectivity index (χ1) is 17.0. The normalized spacial score (nSPS) is 15.6. The number of piperazine rings is 1. The molecular weight excluding hydrogens is 474 g/mol. The first kappa shape index (κ1) is 24.3. The van der Waals surface area contributed by atoms with Gasteiger partial charge in [0.1, 0.15) is 23.0 Å². The van der Waals surface area contributed by atoms with E-state index in [1.54, 1.807) is 41.4 Å². The van der Waals surface area contributed by atoms with Crippen molar-refractivity contribution in [2.75, 3.05) is 38.8 Å². The van der Waals surface area contributed by atoms with Gasteiger partial charge in [0.25, 0.3) is 0 Å². The molecule has 0 bridgehead atoms. The van der Waals surface area contributed by atoms with Crippen LogP contribution in [0.1, 0.15) is 12.0 Å². The van der Waals surface area contributed by atoms with Gasteiger partial charge in [-0.25, -0.2) is 14.8 Å². The van der Waals surface area contributed by atoms with Crippen molar-refractivity contribution in [1.82, 2.24) is 29.7 Å². The van der Waals surface area contributed by atoms with E-state index in [-0.39, 0.29) is 23.5 Å². The van der Waals surface area contributed by atoms with E-state index < -0.39 is 6.09 Å². The quantitative estimate of drug-likeness (QED) is 0.492. The second-order valence-electron chi connectivity index (χ2n) is 7.91. The maximum absolute atomic E-state index is 12.9. The Hall–Kier alpha value is -3.86. The largest absolute Gasteiger partial charge is 0.497 e. The number of nitrogens with one attached hydrogen (secondary N) is 1. The van der Waals surface area contributed by atoms with Gasteiger partial charge >= 0.3 is 6.09 Å². The molecule has 0 saturated carbocycles. The standard InChI is InChI=1S/C23H26ClN7O4/c1-34-18-5-3-16(4-6-18)13-26-21(32)11-17-14-29(23(33)35-2)9-10-31(17)20-12-19(24)27-22(28-20)30-8-7-25-15-30/h3-8,12,15,17H,9-11,13-14H2,1-2H3,(H,26,32). The molecule has 184 valence electrons. The summed E-state index contributed by atoms with van der Waals surface area (Å²) >= 11 is 6.30. The molecular formula is C23H26ClN7O4. The molecule has 2 amide bonds. The predicted octanol–water partition coefficient (Wildman–Crippen LogP) is 2.29. The topological polar surface area (TPSA) is 115 Å². The lowest BCUT2D eigenvalue weighted by atomic mass is 10.1. The Morgan fingerprint density at radius 3 is 2.66 bits per heavy atom. The third-order valence-electron chi connectivity index (χ3n) is 5.68. The van der Waals surface area contributed by atoms with Gasteiger partial charge < -0.3 is 24.6 Å². The minimum absolute atomic E-state index is 0.145. The smallest absolute Gasteiger partial charge is 0.409 e. The predicted molar refractivity (Wildman–Crippen MR) is 129 cm³/mol. The van der Waals surface area contributed by atoms with Crippen LogP contribution < -0.4 is 15.0 Å². The molecule has 1 atom stereocenters. The van der Waals surface area contributed by atoms with Crippen LogP contribution in [0.2, 0.25) is 5.15 Å². The van der Waals surface area contributed by atoms with Gasteiger partial charge in [0.15, 0.2) is 0 Å². The van der Waals surface area contributed by atoms with Gasteiger partial charge in [0.05, 0.1) is 20.3 Å². The number of aromatic nitrogens is 4. The molecule has 0 aliphatic carbocycles. The number of hydrogen-bond donors (Lipinski definition) is 1. The molecule has 1 aliphatic heterocycles. The Kier molecular flexibility index (Phi) is 7.66. The molecule has 1 aromatic carbocycles. The van der Waals surface area contributed by atoms with Crippen LogP contribution >= 0.6 is 11.6 Å². The van der Waals surface area contributed by atoms with Crippen molar-refractivity contribution in [1.29, 1.82) is 0 Å². The lowest BCUT2D eigenvalue weighted by molar-refractivity contribution is -0.121. The Labute approximate surface area is 207 Å². The van der Waals surface area contributed by atoms with E-state index in [9.17, 15) is 9.59 Å². The maximum Gasteiger partial charge on any atom is 0.409 e. The molecule has 3 heterocycles. The molecule has 35 heavy (non-hydrogen) atoms. The van der Waals surface area contributed by atoms with Crippen molar-refractivity contribution in [2.24, 2.45) is 0 Å². The number of imidazole rings is 1. The molecule has 1 aliphatic rings. The highest BCUT2D eigenvalue weighted by atomic mass is 35.5. The van der Waals surface area contributed by atoms with Gasteiger partial charge in [-0.05, 0) is 17.7 Å². The fourth-order valence-electron chi connectivity index (χ4n) is 3.89. The number of ether oxygens (including phenoxy) is 2. The molecule has 1 fully saturated rings. The Morgan fingerprint density at radius 1 is 1.17 bits per heavy atom. The minimum atomic E-state index is -0.437.